The highest BCUT2D eigenvalue weighted by atomic mass is 35.5. The Morgan fingerprint density at radius 3 is 2.57 bits per heavy atom. The maximum Gasteiger partial charge on any atom is 0.0477 e. The van der Waals surface area contributed by atoms with Crippen LogP contribution < -0.4 is 5.32 Å². The van der Waals surface area contributed by atoms with E-state index in [-0.39, 0.29) is 0 Å². The molecule has 1 atom stereocenters. The van der Waals surface area contributed by atoms with Gasteiger partial charge in [0.25, 0.3) is 0 Å². The van der Waals surface area contributed by atoms with Crippen LogP contribution in [0, 0.1) is 5.92 Å². The monoisotopic (exact) mass is 221 g/mol. The van der Waals surface area contributed by atoms with E-state index in [4.69, 9.17) is 16.3 Å². The molecule has 1 N–H and O–H groups in total. The van der Waals surface area contributed by atoms with Crippen molar-refractivity contribution in [1.82, 2.24) is 5.32 Å². The molecule has 0 saturated heterocycles. The second-order valence-electron chi connectivity index (χ2n) is 3.83. The summed E-state index contributed by atoms with van der Waals surface area (Å²) in [7, 11) is 0. The fourth-order valence-corrected chi connectivity index (χ4v) is 1.63. The van der Waals surface area contributed by atoms with E-state index in [1.54, 1.807) is 0 Å². The van der Waals surface area contributed by atoms with Crippen LogP contribution >= 0.6 is 11.6 Å². The van der Waals surface area contributed by atoms with Crippen LogP contribution in [0.3, 0.4) is 0 Å². The summed E-state index contributed by atoms with van der Waals surface area (Å²) in [5, 5.41) is 3.51. The average Bonchev–Trinajstić information content (AvgIpc) is 2.15. The Labute approximate surface area is 93.4 Å². The third-order valence-corrected chi connectivity index (χ3v) is 2.52. The van der Waals surface area contributed by atoms with Crippen molar-refractivity contribution in [1.29, 1.82) is 0 Å². The number of alkyl halides is 1. The summed E-state index contributed by atoms with van der Waals surface area (Å²) < 4.78 is 5.27. The lowest BCUT2D eigenvalue weighted by Crippen LogP contribution is -2.35. The number of hydrogen-bond donors (Lipinski definition) is 1. The first-order chi connectivity index (χ1) is 6.72. The first-order valence-corrected chi connectivity index (χ1v) is 6.12. The van der Waals surface area contributed by atoms with Gasteiger partial charge in [-0.05, 0) is 32.2 Å². The molecule has 0 heterocycles. The molecule has 1 unspecified atom stereocenters. The highest BCUT2D eigenvalue weighted by Crippen LogP contribution is 2.06. The highest BCUT2D eigenvalue weighted by Gasteiger charge is 2.10. The largest absolute Gasteiger partial charge is 0.382 e. The van der Waals surface area contributed by atoms with Gasteiger partial charge < -0.3 is 10.1 Å². The Kier molecular flexibility index (Phi) is 9.90. The first-order valence-electron chi connectivity index (χ1n) is 5.59. The van der Waals surface area contributed by atoms with Crippen LogP contribution in [0.1, 0.15) is 33.6 Å². The molecule has 86 valence electrons. The van der Waals surface area contributed by atoms with Crippen molar-refractivity contribution in [3.8, 4) is 0 Å². The van der Waals surface area contributed by atoms with Crippen molar-refractivity contribution in [2.24, 2.45) is 5.92 Å². The second-order valence-corrected chi connectivity index (χ2v) is 4.21. The van der Waals surface area contributed by atoms with Gasteiger partial charge in [0, 0.05) is 25.1 Å². The van der Waals surface area contributed by atoms with E-state index in [2.05, 4.69) is 19.2 Å². The number of halogens is 1. The Morgan fingerprint density at radius 2 is 2.07 bits per heavy atom. The summed E-state index contributed by atoms with van der Waals surface area (Å²) in [5.74, 6) is 1.39. The maximum absolute atomic E-state index is 5.74. The van der Waals surface area contributed by atoms with E-state index in [1.165, 1.54) is 0 Å². The predicted molar refractivity (Wildman–Crippen MR) is 63.1 cm³/mol. The van der Waals surface area contributed by atoms with Crippen LogP contribution in [0.5, 0.6) is 0 Å². The summed E-state index contributed by atoms with van der Waals surface area (Å²) in [6, 6.07) is 0.550. The summed E-state index contributed by atoms with van der Waals surface area (Å²) in [6.45, 7) is 9.18. The van der Waals surface area contributed by atoms with Crippen molar-refractivity contribution in [3.63, 3.8) is 0 Å². The lowest BCUT2D eigenvalue weighted by molar-refractivity contribution is 0.143. The molecule has 0 bridgehead atoms. The lowest BCUT2D eigenvalue weighted by Gasteiger charge is -2.21. The van der Waals surface area contributed by atoms with Gasteiger partial charge in [-0.15, -0.1) is 11.6 Å². The van der Waals surface area contributed by atoms with Gasteiger partial charge in [0.1, 0.15) is 0 Å². The number of hydrogen-bond acceptors (Lipinski definition) is 2. The summed E-state index contributed by atoms with van der Waals surface area (Å²) in [5.41, 5.74) is 0. The Morgan fingerprint density at radius 1 is 1.36 bits per heavy atom. The number of ether oxygens (including phenoxy) is 1. The molecule has 0 fully saturated rings. The van der Waals surface area contributed by atoms with Crippen LogP contribution in [0.4, 0.5) is 0 Å². The van der Waals surface area contributed by atoms with E-state index >= 15 is 0 Å². The molecule has 0 rings (SSSR count). The molecule has 0 aliphatic rings. The van der Waals surface area contributed by atoms with Crippen LogP contribution in [-0.2, 0) is 4.74 Å². The molecule has 0 aliphatic carbocycles. The molecule has 0 amide bonds. The van der Waals surface area contributed by atoms with Crippen LogP contribution in [0.15, 0.2) is 0 Å². The second kappa shape index (κ2) is 9.75. The minimum Gasteiger partial charge on any atom is -0.382 e. The normalized spacial score (nSPS) is 13.5. The average molecular weight is 222 g/mol. The summed E-state index contributed by atoms with van der Waals surface area (Å²) in [6.07, 6.45) is 2.13. The minimum absolute atomic E-state index is 0.550. The van der Waals surface area contributed by atoms with Gasteiger partial charge in [-0.25, -0.2) is 0 Å². The minimum atomic E-state index is 0.550. The van der Waals surface area contributed by atoms with Gasteiger partial charge in [-0.1, -0.05) is 13.8 Å². The van der Waals surface area contributed by atoms with Gasteiger partial charge >= 0.3 is 0 Å². The Balaban J connectivity index is 3.41. The van der Waals surface area contributed by atoms with Crippen molar-refractivity contribution >= 4 is 11.6 Å². The predicted octanol–water partition coefficient (Wildman–Crippen LogP) is 2.66. The zero-order valence-corrected chi connectivity index (χ0v) is 10.4. The highest BCUT2D eigenvalue weighted by molar-refractivity contribution is 6.17. The zero-order chi connectivity index (χ0) is 10.8. The smallest absolute Gasteiger partial charge is 0.0477 e. The van der Waals surface area contributed by atoms with Crippen molar-refractivity contribution in [2.45, 2.75) is 39.7 Å². The van der Waals surface area contributed by atoms with E-state index < -0.39 is 0 Å². The van der Waals surface area contributed by atoms with Crippen LogP contribution in [-0.4, -0.2) is 31.7 Å². The van der Waals surface area contributed by atoms with E-state index in [0.29, 0.717) is 12.0 Å². The molecular weight excluding hydrogens is 198 g/mol. The molecule has 0 aromatic rings. The molecule has 3 heteroatoms. The zero-order valence-electron chi connectivity index (χ0n) is 9.68. The van der Waals surface area contributed by atoms with Crippen molar-refractivity contribution in [2.75, 3.05) is 25.6 Å². The molecule has 0 saturated carbocycles. The van der Waals surface area contributed by atoms with Crippen molar-refractivity contribution in [3.05, 3.63) is 0 Å². The molecule has 0 spiro atoms. The lowest BCUT2D eigenvalue weighted by atomic mass is 10.0. The molecule has 0 aromatic carbocycles. The van der Waals surface area contributed by atoms with Gasteiger partial charge in [0.05, 0.1) is 0 Å². The molecule has 0 aliphatic heterocycles. The van der Waals surface area contributed by atoms with Gasteiger partial charge in [0.2, 0.25) is 0 Å². The quantitative estimate of drug-likeness (QED) is 0.478. The maximum atomic E-state index is 5.74. The molecule has 14 heavy (non-hydrogen) atoms. The third-order valence-electron chi connectivity index (χ3n) is 2.30. The fourth-order valence-electron chi connectivity index (χ4n) is 1.39. The molecule has 0 aromatic heterocycles. The summed E-state index contributed by atoms with van der Waals surface area (Å²) in [4.78, 5) is 0. The van der Waals surface area contributed by atoms with Crippen LogP contribution in [0.2, 0.25) is 0 Å². The van der Waals surface area contributed by atoms with E-state index in [0.717, 1.165) is 38.5 Å². The van der Waals surface area contributed by atoms with E-state index in [9.17, 15) is 0 Å². The fraction of sp³-hybridized carbons (Fsp3) is 1.00. The molecular formula is C11H24ClNO. The van der Waals surface area contributed by atoms with Crippen LogP contribution in [0.25, 0.3) is 0 Å². The third kappa shape index (κ3) is 7.60. The van der Waals surface area contributed by atoms with E-state index in [1.807, 2.05) is 6.92 Å². The number of nitrogens with one attached hydrogen (secondary N) is 1. The van der Waals surface area contributed by atoms with Crippen molar-refractivity contribution < 1.29 is 4.74 Å². The summed E-state index contributed by atoms with van der Waals surface area (Å²) >= 11 is 5.74. The topological polar surface area (TPSA) is 21.3 Å². The SMILES string of the molecule is CCOCCCNC(CCCl)C(C)C. The standard InChI is InChI=1S/C11H24ClNO/c1-4-14-9-5-8-13-11(6-7-12)10(2)3/h10-11,13H,4-9H2,1-3H3. The van der Waals surface area contributed by atoms with Gasteiger partial charge in [-0.2, -0.15) is 0 Å². The molecule has 2 nitrogen and oxygen atoms in total. The van der Waals surface area contributed by atoms with Gasteiger partial charge in [0.15, 0.2) is 0 Å². The first kappa shape index (κ1) is 14.2. The Hall–Kier alpha value is 0.210. The number of rotatable bonds is 9. The van der Waals surface area contributed by atoms with Gasteiger partial charge in [-0.3, -0.25) is 0 Å². The molecule has 0 radical (unpaired) electrons. The Bertz CT molecular complexity index is 120.